The molecule has 0 aliphatic heterocycles. The minimum absolute atomic E-state index is 1.06. The van der Waals surface area contributed by atoms with Gasteiger partial charge in [-0.05, 0) is 64.5 Å². The molecule has 1 nitrogen and oxygen atoms in total. The average Bonchev–Trinajstić information content (AvgIpc) is 2.69. The number of aliphatic imine (C=N–C) groups is 1. The Morgan fingerprint density at radius 3 is 1.96 bits per heavy atom. The fourth-order valence-corrected chi connectivity index (χ4v) is 3.31. The van der Waals surface area contributed by atoms with Crippen LogP contribution in [0.1, 0.15) is 76.0 Å². The molecule has 0 unspecified atom stereocenters. The first-order valence-corrected chi connectivity index (χ1v) is 10.5. The molecule has 0 saturated heterocycles. The van der Waals surface area contributed by atoms with Crippen LogP contribution in [0.25, 0.3) is 11.3 Å². The zero-order chi connectivity index (χ0) is 20.4. The SMILES string of the molecule is C=C(C)CCCCCCC(C)=N/C(=C(\C)c1ccc(C)cc1)c1ccccc1. The number of allylic oxidation sites excluding steroid dienone is 2. The van der Waals surface area contributed by atoms with Gasteiger partial charge in [0.15, 0.2) is 0 Å². The van der Waals surface area contributed by atoms with E-state index in [0.29, 0.717) is 0 Å². The van der Waals surface area contributed by atoms with Crippen molar-refractivity contribution in [1.29, 1.82) is 0 Å². The van der Waals surface area contributed by atoms with Crippen LogP contribution in [0.2, 0.25) is 0 Å². The molecule has 0 amide bonds. The summed E-state index contributed by atoms with van der Waals surface area (Å²) in [5, 5.41) is 0. The molecular weight excluding hydrogens is 338 g/mol. The van der Waals surface area contributed by atoms with Gasteiger partial charge in [0.1, 0.15) is 0 Å². The van der Waals surface area contributed by atoms with Crippen molar-refractivity contribution >= 4 is 17.0 Å². The van der Waals surface area contributed by atoms with Crippen molar-refractivity contribution in [2.24, 2.45) is 4.99 Å². The summed E-state index contributed by atoms with van der Waals surface area (Å²) in [6.07, 6.45) is 7.23. The molecular formula is C27H35N. The zero-order valence-electron chi connectivity index (χ0n) is 18.1. The summed E-state index contributed by atoms with van der Waals surface area (Å²) in [5.74, 6) is 0. The number of hydrogen-bond acceptors (Lipinski definition) is 1. The third-order valence-corrected chi connectivity index (χ3v) is 5.08. The topological polar surface area (TPSA) is 12.4 Å². The minimum atomic E-state index is 1.06. The van der Waals surface area contributed by atoms with Gasteiger partial charge in [0.25, 0.3) is 0 Å². The summed E-state index contributed by atoms with van der Waals surface area (Å²) in [7, 11) is 0. The predicted octanol–water partition coefficient (Wildman–Crippen LogP) is 8.26. The first-order chi connectivity index (χ1) is 13.5. The highest BCUT2D eigenvalue weighted by Gasteiger charge is 2.08. The maximum Gasteiger partial charge on any atom is 0.0736 e. The maximum atomic E-state index is 5.07. The van der Waals surface area contributed by atoms with Crippen molar-refractivity contribution in [1.82, 2.24) is 0 Å². The molecule has 0 bridgehead atoms. The van der Waals surface area contributed by atoms with E-state index in [1.54, 1.807) is 0 Å². The Kier molecular flexibility index (Phi) is 8.94. The predicted molar refractivity (Wildman–Crippen MR) is 126 cm³/mol. The van der Waals surface area contributed by atoms with Gasteiger partial charge in [-0.15, -0.1) is 6.58 Å². The molecule has 0 N–H and O–H groups in total. The van der Waals surface area contributed by atoms with Crippen molar-refractivity contribution in [3.05, 3.63) is 83.4 Å². The van der Waals surface area contributed by atoms with E-state index in [2.05, 4.69) is 88.9 Å². The fourth-order valence-electron chi connectivity index (χ4n) is 3.31. The first-order valence-electron chi connectivity index (χ1n) is 10.5. The summed E-state index contributed by atoms with van der Waals surface area (Å²) in [6, 6.07) is 19.3. The number of hydrogen-bond donors (Lipinski definition) is 0. The highest BCUT2D eigenvalue weighted by molar-refractivity contribution is 5.96. The van der Waals surface area contributed by atoms with Crippen molar-refractivity contribution in [3.8, 4) is 0 Å². The molecule has 0 saturated carbocycles. The van der Waals surface area contributed by atoms with Crippen LogP contribution in [0.4, 0.5) is 0 Å². The highest BCUT2D eigenvalue weighted by Crippen LogP contribution is 2.28. The Labute approximate surface area is 171 Å². The normalized spacial score (nSPS) is 12.6. The lowest BCUT2D eigenvalue weighted by atomic mass is 10.00. The second-order valence-corrected chi connectivity index (χ2v) is 7.92. The first kappa shape index (κ1) is 21.9. The second kappa shape index (κ2) is 11.4. The second-order valence-electron chi connectivity index (χ2n) is 7.92. The third kappa shape index (κ3) is 7.31. The van der Waals surface area contributed by atoms with E-state index in [0.717, 1.165) is 18.5 Å². The van der Waals surface area contributed by atoms with Crippen LogP contribution < -0.4 is 0 Å². The molecule has 0 fully saturated rings. The van der Waals surface area contributed by atoms with Crippen molar-refractivity contribution in [3.63, 3.8) is 0 Å². The quantitative estimate of drug-likeness (QED) is 0.172. The third-order valence-electron chi connectivity index (χ3n) is 5.08. The van der Waals surface area contributed by atoms with Gasteiger partial charge in [-0.25, -0.2) is 0 Å². The van der Waals surface area contributed by atoms with E-state index < -0.39 is 0 Å². The average molecular weight is 374 g/mol. The van der Waals surface area contributed by atoms with E-state index in [4.69, 9.17) is 4.99 Å². The Balaban J connectivity index is 2.14. The molecule has 0 aliphatic rings. The standard InChI is InChI=1S/C27H35N/c1-21(2)13-9-6-7-10-14-23(4)28-27(26-15-11-8-12-16-26)24(5)25-19-17-22(3)18-20-25/h8,11-12,15-20H,1,6-7,9-10,13-14H2,2-5H3/b27-24+,28-23?. The van der Waals surface area contributed by atoms with E-state index in [9.17, 15) is 0 Å². The lowest BCUT2D eigenvalue weighted by Gasteiger charge is -2.11. The highest BCUT2D eigenvalue weighted by atomic mass is 14.8. The molecule has 148 valence electrons. The molecule has 0 radical (unpaired) electrons. The van der Waals surface area contributed by atoms with Gasteiger partial charge in [0.2, 0.25) is 0 Å². The molecule has 1 heteroatoms. The molecule has 0 heterocycles. The fraction of sp³-hybridized carbons (Fsp3) is 0.370. The van der Waals surface area contributed by atoms with E-state index >= 15 is 0 Å². The van der Waals surface area contributed by atoms with Gasteiger partial charge < -0.3 is 0 Å². The van der Waals surface area contributed by atoms with Crippen LogP contribution in [0.3, 0.4) is 0 Å². The molecule has 0 spiro atoms. The van der Waals surface area contributed by atoms with E-state index in [-0.39, 0.29) is 0 Å². The molecule has 0 aromatic heterocycles. The number of rotatable bonds is 10. The van der Waals surface area contributed by atoms with Gasteiger partial charge in [0.05, 0.1) is 5.70 Å². The van der Waals surface area contributed by atoms with Gasteiger partial charge >= 0.3 is 0 Å². The van der Waals surface area contributed by atoms with Crippen molar-refractivity contribution in [2.75, 3.05) is 0 Å². The summed E-state index contributed by atoms with van der Waals surface area (Å²) < 4.78 is 0. The van der Waals surface area contributed by atoms with Gasteiger partial charge in [-0.3, -0.25) is 4.99 Å². The Morgan fingerprint density at radius 2 is 1.36 bits per heavy atom. The van der Waals surface area contributed by atoms with Crippen LogP contribution in [0, 0.1) is 6.92 Å². The number of benzene rings is 2. The van der Waals surface area contributed by atoms with Crippen LogP contribution >= 0.6 is 0 Å². The van der Waals surface area contributed by atoms with Crippen LogP contribution in [-0.2, 0) is 0 Å². The molecule has 0 aliphatic carbocycles. The molecule has 0 atom stereocenters. The van der Waals surface area contributed by atoms with Crippen LogP contribution in [-0.4, -0.2) is 5.71 Å². The molecule has 2 aromatic rings. The summed E-state index contributed by atoms with van der Waals surface area (Å²) >= 11 is 0. The van der Waals surface area contributed by atoms with Crippen LogP contribution in [0.15, 0.2) is 71.7 Å². The Morgan fingerprint density at radius 1 is 0.750 bits per heavy atom. The van der Waals surface area contributed by atoms with E-state index in [1.165, 1.54) is 59.2 Å². The van der Waals surface area contributed by atoms with E-state index in [1.807, 2.05) is 0 Å². The molecule has 2 rings (SSSR count). The summed E-state index contributed by atoms with van der Waals surface area (Å²) in [6.45, 7) is 12.6. The lowest BCUT2D eigenvalue weighted by molar-refractivity contribution is 0.650. The van der Waals surface area contributed by atoms with Crippen LogP contribution in [0.5, 0.6) is 0 Å². The summed E-state index contributed by atoms with van der Waals surface area (Å²) in [5.41, 5.74) is 8.52. The van der Waals surface area contributed by atoms with Gasteiger partial charge in [0, 0.05) is 11.3 Å². The largest absolute Gasteiger partial charge is 0.257 e. The summed E-state index contributed by atoms with van der Waals surface area (Å²) in [4.78, 5) is 5.07. The molecule has 28 heavy (non-hydrogen) atoms. The Hall–Kier alpha value is -2.41. The minimum Gasteiger partial charge on any atom is -0.257 e. The Bertz CT molecular complexity index is 807. The lowest BCUT2D eigenvalue weighted by Crippen LogP contribution is -1.96. The smallest absolute Gasteiger partial charge is 0.0736 e. The monoisotopic (exact) mass is 373 g/mol. The zero-order valence-corrected chi connectivity index (χ0v) is 18.1. The van der Waals surface area contributed by atoms with Crippen molar-refractivity contribution < 1.29 is 0 Å². The number of aryl methyl sites for hydroxylation is 1. The number of unbranched alkanes of at least 4 members (excludes halogenated alkanes) is 3. The number of nitrogens with zero attached hydrogens (tertiary/aromatic N) is 1. The van der Waals surface area contributed by atoms with Gasteiger partial charge in [-0.2, -0.15) is 0 Å². The molecule has 2 aromatic carbocycles. The van der Waals surface area contributed by atoms with Gasteiger partial charge in [-0.1, -0.05) is 78.6 Å². The maximum absolute atomic E-state index is 5.07. The van der Waals surface area contributed by atoms with Crippen molar-refractivity contribution in [2.45, 2.75) is 66.2 Å².